The summed E-state index contributed by atoms with van der Waals surface area (Å²) in [6.07, 6.45) is 0.782. The second-order valence-electron chi connectivity index (χ2n) is 7.44. The van der Waals surface area contributed by atoms with Gasteiger partial charge >= 0.3 is 5.69 Å². The Morgan fingerprint density at radius 3 is 2.48 bits per heavy atom. The summed E-state index contributed by atoms with van der Waals surface area (Å²) in [7, 11) is 0. The van der Waals surface area contributed by atoms with Crippen LogP contribution in [0.15, 0.2) is 63.5 Å². The van der Waals surface area contributed by atoms with Crippen molar-refractivity contribution >= 4 is 33.1 Å². The van der Waals surface area contributed by atoms with Crippen molar-refractivity contribution in [3.8, 4) is 5.69 Å². The van der Waals surface area contributed by atoms with Crippen LogP contribution < -0.4 is 16.6 Å². The van der Waals surface area contributed by atoms with Crippen LogP contribution in [-0.2, 0) is 17.8 Å². The van der Waals surface area contributed by atoms with Crippen LogP contribution in [0.4, 0.5) is 5.69 Å². The van der Waals surface area contributed by atoms with Gasteiger partial charge in [0.05, 0.1) is 11.2 Å². The van der Waals surface area contributed by atoms with Crippen LogP contribution in [0.1, 0.15) is 23.6 Å². The van der Waals surface area contributed by atoms with Crippen LogP contribution >= 0.6 is 11.3 Å². The van der Waals surface area contributed by atoms with Gasteiger partial charge in [0.25, 0.3) is 5.56 Å². The van der Waals surface area contributed by atoms with Gasteiger partial charge in [-0.2, -0.15) is 0 Å². The molecule has 0 aliphatic rings. The number of amides is 1. The maximum Gasteiger partial charge on any atom is 0.336 e. The lowest BCUT2D eigenvalue weighted by atomic mass is 10.1. The largest absolute Gasteiger partial charge is 0.336 e. The Labute approximate surface area is 183 Å². The molecular formula is C24H23N3O3S. The lowest BCUT2D eigenvalue weighted by Gasteiger charge is -2.16. The highest BCUT2D eigenvalue weighted by Gasteiger charge is 2.19. The Morgan fingerprint density at radius 1 is 1.00 bits per heavy atom. The zero-order valence-corrected chi connectivity index (χ0v) is 18.5. The van der Waals surface area contributed by atoms with E-state index < -0.39 is 5.69 Å². The third-order valence-corrected chi connectivity index (χ3v) is 6.31. The van der Waals surface area contributed by atoms with Crippen molar-refractivity contribution in [3.05, 3.63) is 91.4 Å². The van der Waals surface area contributed by atoms with Crippen LogP contribution in [0.25, 0.3) is 15.9 Å². The summed E-state index contributed by atoms with van der Waals surface area (Å²) in [6.45, 7) is 5.63. The van der Waals surface area contributed by atoms with Crippen LogP contribution in [0.2, 0.25) is 0 Å². The molecule has 6 nitrogen and oxygen atoms in total. The second-order valence-corrected chi connectivity index (χ2v) is 8.36. The van der Waals surface area contributed by atoms with Crippen LogP contribution in [0, 0.1) is 13.8 Å². The standard InChI is InChI=1S/C24H23N3O3S/c1-4-17-10-7-9-16(3)21(17)25-20(28)14-26-19-12-13-31-22(19)23(29)27(24(26)30)18-11-6-5-8-15(18)2/h5-13H,4,14H2,1-3H3,(H,25,28). The second kappa shape index (κ2) is 8.35. The number of thiophene rings is 1. The van der Waals surface area contributed by atoms with E-state index in [1.54, 1.807) is 23.6 Å². The molecule has 2 aromatic carbocycles. The molecule has 0 fully saturated rings. The topological polar surface area (TPSA) is 73.1 Å². The summed E-state index contributed by atoms with van der Waals surface area (Å²) >= 11 is 1.27. The lowest BCUT2D eigenvalue weighted by Crippen LogP contribution is -2.40. The Bertz CT molecular complexity index is 1410. The van der Waals surface area contributed by atoms with Gasteiger partial charge in [0, 0.05) is 5.69 Å². The molecule has 4 rings (SSSR count). The first-order valence-electron chi connectivity index (χ1n) is 10.1. The SMILES string of the molecule is CCc1cccc(C)c1NC(=O)Cn1c(=O)n(-c2ccccc2C)c(=O)c2sccc21. The summed E-state index contributed by atoms with van der Waals surface area (Å²) in [5, 5.41) is 4.73. The molecule has 2 heterocycles. The van der Waals surface area contributed by atoms with Gasteiger partial charge in [-0.3, -0.25) is 14.2 Å². The minimum Gasteiger partial charge on any atom is -0.324 e. The smallest absolute Gasteiger partial charge is 0.324 e. The number of hydrogen-bond acceptors (Lipinski definition) is 4. The van der Waals surface area contributed by atoms with Crippen molar-refractivity contribution in [1.82, 2.24) is 9.13 Å². The fourth-order valence-electron chi connectivity index (χ4n) is 3.79. The summed E-state index contributed by atoms with van der Waals surface area (Å²) in [5.41, 5.74) is 3.68. The molecular weight excluding hydrogens is 410 g/mol. The van der Waals surface area contributed by atoms with Crippen LogP contribution in [0.5, 0.6) is 0 Å². The maximum absolute atomic E-state index is 13.4. The molecule has 2 aromatic heterocycles. The van der Waals surface area contributed by atoms with Gasteiger partial charge in [-0.15, -0.1) is 11.3 Å². The van der Waals surface area contributed by atoms with E-state index in [2.05, 4.69) is 5.32 Å². The number of rotatable bonds is 5. The van der Waals surface area contributed by atoms with E-state index in [-0.39, 0.29) is 18.0 Å². The van der Waals surface area contributed by atoms with E-state index in [4.69, 9.17) is 0 Å². The summed E-state index contributed by atoms with van der Waals surface area (Å²) in [6, 6.07) is 14.8. The lowest BCUT2D eigenvalue weighted by molar-refractivity contribution is -0.116. The highest BCUT2D eigenvalue weighted by atomic mass is 32.1. The van der Waals surface area contributed by atoms with E-state index in [1.165, 1.54) is 15.9 Å². The molecule has 0 aliphatic heterocycles. The predicted octanol–water partition coefficient (Wildman–Crippen LogP) is 4.03. The molecule has 158 valence electrons. The van der Waals surface area contributed by atoms with Crippen molar-refractivity contribution < 1.29 is 4.79 Å². The molecule has 0 radical (unpaired) electrons. The summed E-state index contributed by atoms with van der Waals surface area (Å²) in [5.74, 6) is -0.311. The van der Waals surface area contributed by atoms with E-state index in [9.17, 15) is 14.4 Å². The number of nitrogens with zero attached hydrogens (tertiary/aromatic N) is 2. The summed E-state index contributed by atoms with van der Waals surface area (Å²) in [4.78, 5) is 39.4. The molecule has 0 saturated heterocycles. The molecule has 4 aromatic rings. The van der Waals surface area contributed by atoms with Gasteiger partial charge in [-0.05, 0) is 54.5 Å². The predicted molar refractivity (Wildman–Crippen MR) is 126 cm³/mol. The van der Waals surface area contributed by atoms with Crippen molar-refractivity contribution in [2.75, 3.05) is 5.32 Å². The zero-order chi connectivity index (χ0) is 22.1. The third-order valence-electron chi connectivity index (χ3n) is 5.42. The molecule has 1 amide bonds. The van der Waals surface area contributed by atoms with Crippen molar-refractivity contribution in [3.63, 3.8) is 0 Å². The fraction of sp³-hybridized carbons (Fsp3) is 0.208. The Kier molecular flexibility index (Phi) is 5.61. The normalized spacial score (nSPS) is 11.1. The first-order chi connectivity index (χ1) is 14.9. The van der Waals surface area contributed by atoms with Crippen molar-refractivity contribution in [2.24, 2.45) is 0 Å². The number of carbonyl (C=O) groups excluding carboxylic acids is 1. The highest BCUT2D eigenvalue weighted by Crippen LogP contribution is 2.22. The van der Waals surface area contributed by atoms with Gasteiger partial charge in [0.15, 0.2) is 0 Å². The van der Waals surface area contributed by atoms with Crippen molar-refractivity contribution in [2.45, 2.75) is 33.7 Å². The van der Waals surface area contributed by atoms with Gasteiger partial charge in [0.2, 0.25) is 5.91 Å². The highest BCUT2D eigenvalue weighted by molar-refractivity contribution is 7.17. The molecule has 0 aliphatic carbocycles. The number of fused-ring (bicyclic) bond motifs is 1. The Morgan fingerprint density at radius 2 is 1.74 bits per heavy atom. The number of benzene rings is 2. The zero-order valence-electron chi connectivity index (χ0n) is 17.6. The third kappa shape index (κ3) is 3.72. The quantitative estimate of drug-likeness (QED) is 0.516. The minimum absolute atomic E-state index is 0.185. The molecule has 0 bridgehead atoms. The molecule has 0 atom stereocenters. The molecule has 7 heteroatoms. The van der Waals surface area contributed by atoms with Gasteiger partial charge < -0.3 is 5.32 Å². The average Bonchev–Trinajstić information content (AvgIpc) is 3.24. The van der Waals surface area contributed by atoms with Crippen LogP contribution in [-0.4, -0.2) is 15.0 Å². The fourth-order valence-corrected chi connectivity index (χ4v) is 4.62. The Hall–Kier alpha value is -3.45. The monoisotopic (exact) mass is 433 g/mol. The first kappa shape index (κ1) is 20.8. The van der Waals surface area contributed by atoms with Gasteiger partial charge in [0.1, 0.15) is 11.2 Å². The molecule has 1 N–H and O–H groups in total. The van der Waals surface area contributed by atoms with Gasteiger partial charge in [-0.1, -0.05) is 43.3 Å². The van der Waals surface area contributed by atoms with Crippen LogP contribution in [0.3, 0.4) is 0 Å². The minimum atomic E-state index is -0.527. The maximum atomic E-state index is 13.4. The first-order valence-corrected chi connectivity index (χ1v) is 11.0. The molecule has 31 heavy (non-hydrogen) atoms. The van der Waals surface area contributed by atoms with Gasteiger partial charge in [-0.25, -0.2) is 9.36 Å². The number of hydrogen-bond donors (Lipinski definition) is 1. The van der Waals surface area contributed by atoms with Crippen molar-refractivity contribution in [1.29, 1.82) is 0 Å². The number of nitrogens with one attached hydrogen (secondary N) is 1. The van der Waals surface area contributed by atoms with E-state index in [1.807, 2.05) is 51.1 Å². The number of anilines is 1. The summed E-state index contributed by atoms with van der Waals surface area (Å²) < 4.78 is 2.98. The number of para-hydroxylation sites is 2. The average molecular weight is 434 g/mol. The number of aryl methyl sites for hydroxylation is 3. The Balaban J connectivity index is 1.81. The van der Waals surface area contributed by atoms with E-state index >= 15 is 0 Å². The van der Waals surface area contributed by atoms with E-state index in [0.717, 1.165) is 33.4 Å². The number of carbonyl (C=O) groups is 1. The molecule has 0 spiro atoms. The molecule has 0 unspecified atom stereocenters. The van der Waals surface area contributed by atoms with E-state index in [0.29, 0.717) is 15.9 Å². The number of aromatic nitrogens is 2. The molecule has 0 saturated carbocycles.